The van der Waals surface area contributed by atoms with Gasteiger partial charge in [0.1, 0.15) is 0 Å². The molecule has 1 aromatic heterocycles. The first-order valence-electron chi connectivity index (χ1n) is 10.8. The second kappa shape index (κ2) is 9.32. The number of pyridine rings is 1. The van der Waals surface area contributed by atoms with Crippen LogP contribution >= 0.6 is 0 Å². The van der Waals surface area contributed by atoms with E-state index in [1.165, 1.54) is 70.1 Å². The zero-order chi connectivity index (χ0) is 18.4. The molecule has 2 aliphatic rings. The Morgan fingerprint density at radius 3 is 2.62 bits per heavy atom. The molecule has 1 saturated heterocycles. The fourth-order valence-electron chi connectivity index (χ4n) is 4.99. The molecule has 0 radical (unpaired) electrons. The van der Waals surface area contributed by atoms with E-state index in [1.807, 2.05) is 12.4 Å². The van der Waals surface area contributed by atoms with Gasteiger partial charge in [0.25, 0.3) is 0 Å². The molecule has 1 saturated carbocycles. The molecule has 26 heavy (non-hydrogen) atoms. The highest BCUT2D eigenvalue weighted by Gasteiger charge is 2.28. The zero-order valence-electron chi connectivity index (χ0n) is 17.3. The van der Waals surface area contributed by atoms with Gasteiger partial charge in [-0.25, -0.2) is 0 Å². The van der Waals surface area contributed by atoms with Gasteiger partial charge in [0.2, 0.25) is 0 Å². The number of hydrogen-bond acceptors (Lipinski definition) is 3. The Morgan fingerprint density at radius 1 is 1.12 bits per heavy atom. The Morgan fingerprint density at radius 2 is 1.92 bits per heavy atom. The van der Waals surface area contributed by atoms with E-state index in [0.717, 1.165) is 25.0 Å². The van der Waals surface area contributed by atoms with Crippen LogP contribution in [0.25, 0.3) is 0 Å². The van der Waals surface area contributed by atoms with E-state index in [-0.39, 0.29) is 0 Å². The number of nitrogens with zero attached hydrogens (tertiary/aromatic N) is 3. The van der Waals surface area contributed by atoms with Gasteiger partial charge >= 0.3 is 0 Å². The van der Waals surface area contributed by atoms with Crippen LogP contribution in [-0.4, -0.2) is 47.0 Å². The summed E-state index contributed by atoms with van der Waals surface area (Å²) in [5, 5.41) is 0. The van der Waals surface area contributed by atoms with Gasteiger partial charge in [-0.1, -0.05) is 46.1 Å². The molecule has 3 rings (SSSR count). The van der Waals surface area contributed by atoms with Crippen LogP contribution in [0.5, 0.6) is 0 Å². The van der Waals surface area contributed by atoms with Crippen LogP contribution in [-0.2, 0) is 6.54 Å². The summed E-state index contributed by atoms with van der Waals surface area (Å²) in [7, 11) is 0. The number of piperidine rings is 1. The summed E-state index contributed by atoms with van der Waals surface area (Å²) >= 11 is 0. The first-order chi connectivity index (χ1) is 12.5. The number of aromatic nitrogens is 1. The van der Waals surface area contributed by atoms with E-state index < -0.39 is 0 Å². The summed E-state index contributed by atoms with van der Waals surface area (Å²) in [6, 6.07) is 5.16. The quantitative estimate of drug-likeness (QED) is 0.716. The molecular weight excluding hydrogens is 318 g/mol. The average molecular weight is 358 g/mol. The van der Waals surface area contributed by atoms with Crippen LogP contribution in [0.3, 0.4) is 0 Å². The second-order valence-corrected chi connectivity index (χ2v) is 9.89. The van der Waals surface area contributed by atoms with Crippen molar-refractivity contribution in [3.8, 4) is 0 Å². The minimum Gasteiger partial charge on any atom is -0.300 e. The molecule has 0 bridgehead atoms. The van der Waals surface area contributed by atoms with Crippen LogP contribution in [0.15, 0.2) is 24.5 Å². The first kappa shape index (κ1) is 19.8. The third-order valence-electron chi connectivity index (χ3n) is 5.98. The highest BCUT2D eigenvalue weighted by Crippen LogP contribution is 2.28. The number of hydrogen-bond donors (Lipinski definition) is 0. The molecule has 0 unspecified atom stereocenters. The van der Waals surface area contributed by atoms with Crippen LogP contribution in [0.4, 0.5) is 0 Å². The molecule has 0 aromatic carbocycles. The maximum atomic E-state index is 4.32. The lowest BCUT2D eigenvalue weighted by molar-refractivity contribution is 0.0702. The third kappa shape index (κ3) is 6.35. The van der Waals surface area contributed by atoms with Crippen molar-refractivity contribution in [2.75, 3.05) is 26.2 Å². The maximum absolute atomic E-state index is 4.32. The first-order valence-corrected chi connectivity index (χ1v) is 10.8. The van der Waals surface area contributed by atoms with Crippen molar-refractivity contribution in [3.63, 3.8) is 0 Å². The van der Waals surface area contributed by atoms with Gasteiger partial charge in [0.05, 0.1) is 0 Å². The van der Waals surface area contributed by atoms with Crippen molar-refractivity contribution >= 4 is 0 Å². The highest BCUT2D eigenvalue weighted by atomic mass is 15.2. The molecule has 3 heteroatoms. The summed E-state index contributed by atoms with van der Waals surface area (Å²) in [4.78, 5) is 9.85. The predicted octanol–water partition coefficient (Wildman–Crippen LogP) is 4.97. The Hall–Kier alpha value is -0.930. The summed E-state index contributed by atoms with van der Waals surface area (Å²) in [5.74, 6) is 0.824. The van der Waals surface area contributed by atoms with Gasteiger partial charge in [-0.15, -0.1) is 0 Å². The normalized spacial score (nSPS) is 23.5. The standard InChI is InChI=1S/C23H39N3/c1-23(2,3)19-25(16-20-9-7-13-24-15-20)17-21-10-8-14-26(18-21)22-11-5-4-6-12-22/h7,9,13,15,21-22H,4-6,8,10-12,14,16-19H2,1-3H3/t21-/m0/s1. The summed E-state index contributed by atoms with van der Waals surface area (Å²) in [6.45, 7) is 13.2. The van der Waals surface area contributed by atoms with Crippen molar-refractivity contribution in [3.05, 3.63) is 30.1 Å². The maximum Gasteiger partial charge on any atom is 0.0312 e. The van der Waals surface area contributed by atoms with Crippen molar-refractivity contribution in [1.29, 1.82) is 0 Å². The van der Waals surface area contributed by atoms with Gasteiger partial charge in [0.15, 0.2) is 0 Å². The van der Waals surface area contributed by atoms with Crippen molar-refractivity contribution < 1.29 is 0 Å². The molecule has 1 aliphatic carbocycles. The predicted molar refractivity (Wildman–Crippen MR) is 110 cm³/mol. The van der Waals surface area contributed by atoms with Crippen molar-refractivity contribution in [1.82, 2.24) is 14.8 Å². The molecule has 0 N–H and O–H groups in total. The summed E-state index contributed by atoms with van der Waals surface area (Å²) in [6.07, 6.45) is 13.9. The van der Waals surface area contributed by atoms with Gasteiger partial charge in [-0.05, 0) is 55.2 Å². The van der Waals surface area contributed by atoms with E-state index in [2.05, 4.69) is 47.7 Å². The third-order valence-corrected chi connectivity index (χ3v) is 5.98. The largest absolute Gasteiger partial charge is 0.300 e. The van der Waals surface area contributed by atoms with Gasteiger partial charge in [-0.2, -0.15) is 0 Å². The SMILES string of the molecule is CC(C)(C)CN(Cc1cccnc1)C[C@@H]1CCCN(C2CCCCC2)C1. The number of likely N-dealkylation sites (tertiary alicyclic amines) is 1. The minimum absolute atomic E-state index is 0.333. The van der Waals surface area contributed by atoms with Gasteiger partial charge < -0.3 is 4.90 Å². The fourth-order valence-corrected chi connectivity index (χ4v) is 4.99. The van der Waals surface area contributed by atoms with E-state index in [0.29, 0.717) is 5.41 Å². The van der Waals surface area contributed by atoms with Crippen LogP contribution in [0.2, 0.25) is 0 Å². The molecule has 2 fully saturated rings. The smallest absolute Gasteiger partial charge is 0.0312 e. The molecule has 2 heterocycles. The summed E-state index contributed by atoms with van der Waals surface area (Å²) in [5.41, 5.74) is 1.68. The summed E-state index contributed by atoms with van der Waals surface area (Å²) < 4.78 is 0. The van der Waals surface area contributed by atoms with Gasteiger partial charge in [-0.3, -0.25) is 9.88 Å². The Labute approximate surface area is 161 Å². The Balaban J connectivity index is 1.59. The average Bonchev–Trinajstić information content (AvgIpc) is 2.62. The molecule has 0 spiro atoms. The number of rotatable bonds is 6. The van der Waals surface area contributed by atoms with Crippen LogP contribution < -0.4 is 0 Å². The molecule has 146 valence electrons. The minimum atomic E-state index is 0.333. The second-order valence-electron chi connectivity index (χ2n) is 9.89. The monoisotopic (exact) mass is 357 g/mol. The molecule has 1 aromatic rings. The van der Waals surface area contributed by atoms with E-state index >= 15 is 0 Å². The van der Waals surface area contributed by atoms with E-state index in [1.54, 1.807) is 0 Å². The van der Waals surface area contributed by atoms with Crippen molar-refractivity contribution in [2.24, 2.45) is 11.3 Å². The van der Waals surface area contributed by atoms with Crippen LogP contribution in [0.1, 0.15) is 71.3 Å². The highest BCUT2D eigenvalue weighted by molar-refractivity contribution is 5.08. The fraction of sp³-hybridized carbons (Fsp3) is 0.783. The molecule has 1 aliphatic heterocycles. The zero-order valence-corrected chi connectivity index (χ0v) is 17.3. The Kier molecular flexibility index (Phi) is 7.11. The molecular formula is C23H39N3. The lowest BCUT2D eigenvalue weighted by atomic mass is 9.89. The molecule has 1 atom stereocenters. The topological polar surface area (TPSA) is 19.4 Å². The molecule has 3 nitrogen and oxygen atoms in total. The molecule has 0 amide bonds. The lowest BCUT2D eigenvalue weighted by Crippen LogP contribution is -2.47. The van der Waals surface area contributed by atoms with Crippen molar-refractivity contribution in [2.45, 2.75) is 78.3 Å². The lowest BCUT2D eigenvalue weighted by Gasteiger charge is -2.42. The van der Waals surface area contributed by atoms with E-state index in [4.69, 9.17) is 0 Å². The van der Waals surface area contributed by atoms with Gasteiger partial charge in [0, 0.05) is 44.6 Å². The Bertz CT molecular complexity index is 516. The van der Waals surface area contributed by atoms with Crippen LogP contribution in [0, 0.1) is 11.3 Å². The van der Waals surface area contributed by atoms with E-state index in [9.17, 15) is 0 Å².